The van der Waals surface area contributed by atoms with Crippen LogP contribution in [-0.4, -0.2) is 48.6 Å². The van der Waals surface area contributed by atoms with Gasteiger partial charge in [-0.25, -0.2) is 4.79 Å². The first kappa shape index (κ1) is 17.1. The second-order valence-corrected chi connectivity index (χ2v) is 5.55. The number of carbonyl (C=O) groups excluding carboxylic acids is 3. The normalized spacial score (nSPS) is 18.6. The number of esters is 1. The van der Waals surface area contributed by atoms with Crippen molar-refractivity contribution >= 4 is 29.5 Å². The van der Waals surface area contributed by atoms with E-state index < -0.39 is 30.1 Å². The Labute approximate surface area is 138 Å². The summed E-state index contributed by atoms with van der Waals surface area (Å²) in [5.74, 6) is -0.442. The summed E-state index contributed by atoms with van der Waals surface area (Å²) in [5, 5.41) is 3.05. The van der Waals surface area contributed by atoms with Crippen LogP contribution in [0.5, 0.6) is 5.75 Å². The average molecular weight is 341 g/mol. The molecule has 1 N–H and O–H groups in total. The quantitative estimate of drug-likeness (QED) is 0.628. The Morgan fingerprint density at radius 3 is 2.61 bits per heavy atom. The van der Waals surface area contributed by atoms with Crippen LogP contribution in [0, 0.1) is 0 Å². The summed E-state index contributed by atoms with van der Waals surface area (Å²) in [6.45, 7) is 1.81. The number of imide groups is 1. The van der Waals surface area contributed by atoms with Gasteiger partial charge in [0.05, 0.1) is 20.1 Å². The monoisotopic (exact) mass is 340 g/mol. The Hall–Kier alpha value is -2.28. The number of urea groups is 1. The Balaban J connectivity index is 1.93. The third kappa shape index (κ3) is 4.35. The van der Waals surface area contributed by atoms with E-state index in [4.69, 9.17) is 16.3 Å². The number of nitrogens with zero attached hydrogens (tertiary/aromatic N) is 1. The summed E-state index contributed by atoms with van der Waals surface area (Å²) >= 11 is 5.79. The molecule has 0 aromatic heterocycles. The van der Waals surface area contributed by atoms with Crippen LogP contribution in [0.25, 0.3) is 0 Å². The lowest BCUT2D eigenvalue weighted by molar-refractivity contribution is -0.143. The van der Waals surface area contributed by atoms with Gasteiger partial charge in [-0.05, 0) is 31.2 Å². The largest absolute Gasteiger partial charge is 0.489 e. The van der Waals surface area contributed by atoms with Crippen LogP contribution in [0.4, 0.5) is 4.79 Å². The van der Waals surface area contributed by atoms with Crippen LogP contribution in [0.3, 0.4) is 0 Å². The fourth-order valence-corrected chi connectivity index (χ4v) is 2.30. The highest BCUT2D eigenvalue weighted by Crippen LogP contribution is 2.18. The van der Waals surface area contributed by atoms with Crippen molar-refractivity contribution in [2.24, 2.45) is 0 Å². The minimum atomic E-state index is -0.891. The minimum absolute atomic E-state index is 0.0744. The highest BCUT2D eigenvalue weighted by atomic mass is 35.5. The number of nitrogens with one attached hydrogen (secondary N) is 1. The predicted molar refractivity (Wildman–Crippen MR) is 82.2 cm³/mol. The maximum absolute atomic E-state index is 12.2. The van der Waals surface area contributed by atoms with Gasteiger partial charge in [0.1, 0.15) is 17.9 Å². The second-order valence-electron chi connectivity index (χ2n) is 5.11. The number of benzene rings is 1. The van der Waals surface area contributed by atoms with Gasteiger partial charge in [-0.1, -0.05) is 11.6 Å². The fourth-order valence-electron chi connectivity index (χ4n) is 2.18. The van der Waals surface area contributed by atoms with E-state index >= 15 is 0 Å². The molecule has 0 aliphatic carbocycles. The van der Waals surface area contributed by atoms with E-state index in [0.29, 0.717) is 10.8 Å². The highest BCUT2D eigenvalue weighted by Gasteiger charge is 2.40. The van der Waals surface area contributed by atoms with Crippen LogP contribution < -0.4 is 10.1 Å². The zero-order chi connectivity index (χ0) is 17.0. The lowest BCUT2D eigenvalue weighted by Gasteiger charge is -2.20. The summed E-state index contributed by atoms with van der Waals surface area (Å²) in [5.41, 5.74) is 0. The molecule has 1 aliphatic heterocycles. The van der Waals surface area contributed by atoms with Gasteiger partial charge >= 0.3 is 12.0 Å². The second kappa shape index (κ2) is 7.32. The molecule has 0 bridgehead atoms. The number of halogens is 1. The lowest BCUT2D eigenvalue weighted by Crippen LogP contribution is -2.39. The summed E-state index contributed by atoms with van der Waals surface area (Å²) in [6.07, 6.45) is -0.605. The standard InChI is InChI=1S/C15H17ClN2O5/c1-9(23-11-5-3-10(16)4-6-11)8-18-14(20)12(17-15(18)21)7-13(19)22-2/h3-6,9,12H,7-8H2,1-2H3,(H,17,21)/t9-,12-/m0/s1. The van der Waals surface area contributed by atoms with Crippen molar-refractivity contribution in [1.29, 1.82) is 0 Å². The molecule has 0 saturated carbocycles. The smallest absolute Gasteiger partial charge is 0.324 e. The molecule has 1 heterocycles. The molecule has 8 heteroatoms. The molecule has 1 aliphatic rings. The molecule has 2 rings (SSSR count). The molecule has 124 valence electrons. The van der Waals surface area contributed by atoms with Gasteiger partial charge in [-0.15, -0.1) is 0 Å². The van der Waals surface area contributed by atoms with Gasteiger partial charge < -0.3 is 14.8 Å². The topological polar surface area (TPSA) is 84.9 Å². The van der Waals surface area contributed by atoms with Crippen molar-refractivity contribution in [2.45, 2.75) is 25.5 Å². The van der Waals surface area contributed by atoms with Crippen LogP contribution in [0.2, 0.25) is 5.02 Å². The first-order chi connectivity index (χ1) is 10.9. The number of methoxy groups -OCH3 is 1. The maximum Gasteiger partial charge on any atom is 0.324 e. The Morgan fingerprint density at radius 1 is 1.35 bits per heavy atom. The number of carbonyl (C=O) groups is 3. The molecule has 0 spiro atoms. The van der Waals surface area contributed by atoms with E-state index in [1.54, 1.807) is 31.2 Å². The van der Waals surface area contributed by atoms with Gasteiger partial charge in [0.15, 0.2) is 0 Å². The molecule has 0 unspecified atom stereocenters. The molecular weight excluding hydrogens is 324 g/mol. The maximum atomic E-state index is 12.2. The molecule has 23 heavy (non-hydrogen) atoms. The van der Waals surface area contributed by atoms with Gasteiger partial charge in [-0.3, -0.25) is 14.5 Å². The number of hydrogen-bond acceptors (Lipinski definition) is 5. The third-order valence-electron chi connectivity index (χ3n) is 3.30. The molecular formula is C15H17ClN2O5. The summed E-state index contributed by atoms with van der Waals surface area (Å²) < 4.78 is 10.1. The molecule has 1 aromatic carbocycles. The molecule has 1 aromatic rings. The van der Waals surface area contributed by atoms with E-state index in [2.05, 4.69) is 10.1 Å². The number of amides is 3. The number of rotatable bonds is 6. The third-order valence-corrected chi connectivity index (χ3v) is 3.55. The van der Waals surface area contributed by atoms with Crippen LogP contribution in [0.15, 0.2) is 24.3 Å². The van der Waals surface area contributed by atoms with Crippen molar-refractivity contribution in [3.63, 3.8) is 0 Å². The van der Waals surface area contributed by atoms with Gasteiger partial charge in [0.25, 0.3) is 5.91 Å². The number of hydrogen-bond donors (Lipinski definition) is 1. The highest BCUT2D eigenvalue weighted by molar-refractivity contribution is 6.30. The van der Waals surface area contributed by atoms with Crippen LogP contribution in [0.1, 0.15) is 13.3 Å². The zero-order valence-electron chi connectivity index (χ0n) is 12.7. The molecule has 0 radical (unpaired) electrons. The van der Waals surface area contributed by atoms with E-state index in [1.165, 1.54) is 7.11 Å². The predicted octanol–water partition coefficient (Wildman–Crippen LogP) is 1.59. The van der Waals surface area contributed by atoms with Crippen LogP contribution >= 0.6 is 11.6 Å². The van der Waals surface area contributed by atoms with Gasteiger partial charge in [0, 0.05) is 5.02 Å². The lowest BCUT2D eigenvalue weighted by atomic mass is 10.2. The van der Waals surface area contributed by atoms with Crippen molar-refractivity contribution in [2.75, 3.05) is 13.7 Å². The van der Waals surface area contributed by atoms with E-state index in [-0.39, 0.29) is 13.0 Å². The van der Waals surface area contributed by atoms with E-state index in [9.17, 15) is 14.4 Å². The minimum Gasteiger partial charge on any atom is -0.489 e. The van der Waals surface area contributed by atoms with Crippen molar-refractivity contribution < 1.29 is 23.9 Å². The average Bonchev–Trinajstić information content (AvgIpc) is 2.77. The Kier molecular flexibility index (Phi) is 5.44. The van der Waals surface area contributed by atoms with Crippen molar-refractivity contribution in [3.05, 3.63) is 29.3 Å². The van der Waals surface area contributed by atoms with Crippen LogP contribution in [-0.2, 0) is 14.3 Å². The van der Waals surface area contributed by atoms with Gasteiger partial charge in [0.2, 0.25) is 0 Å². The summed E-state index contributed by atoms with van der Waals surface area (Å²) in [7, 11) is 1.23. The molecule has 3 amide bonds. The Morgan fingerprint density at radius 2 is 2.00 bits per heavy atom. The molecule has 1 fully saturated rings. The van der Waals surface area contributed by atoms with Crippen molar-refractivity contribution in [1.82, 2.24) is 10.2 Å². The first-order valence-electron chi connectivity index (χ1n) is 7.01. The first-order valence-corrected chi connectivity index (χ1v) is 7.39. The molecule has 7 nitrogen and oxygen atoms in total. The number of ether oxygens (including phenoxy) is 2. The summed E-state index contributed by atoms with van der Waals surface area (Å²) in [4.78, 5) is 36.3. The fraction of sp³-hybridized carbons (Fsp3) is 0.400. The Bertz CT molecular complexity index is 604. The van der Waals surface area contributed by atoms with E-state index in [0.717, 1.165) is 4.90 Å². The molecule has 2 atom stereocenters. The van der Waals surface area contributed by atoms with Crippen molar-refractivity contribution in [3.8, 4) is 5.75 Å². The SMILES string of the molecule is COC(=O)C[C@@H]1NC(=O)N(C[C@H](C)Oc2ccc(Cl)cc2)C1=O. The van der Waals surface area contributed by atoms with E-state index in [1.807, 2.05) is 0 Å². The zero-order valence-corrected chi connectivity index (χ0v) is 13.5. The molecule has 1 saturated heterocycles. The van der Waals surface area contributed by atoms with Gasteiger partial charge in [-0.2, -0.15) is 0 Å². The summed E-state index contributed by atoms with van der Waals surface area (Å²) in [6, 6.07) is 5.33.